The molecule has 1 aromatic heterocycles. The Morgan fingerprint density at radius 3 is 2.48 bits per heavy atom. The van der Waals surface area contributed by atoms with Crippen LogP contribution in [0.3, 0.4) is 0 Å². The van der Waals surface area contributed by atoms with E-state index in [0.717, 1.165) is 22.0 Å². The second kappa shape index (κ2) is 9.05. The normalized spacial score (nSPS) is 12.9. The van der Waals surface area contributed by atoms with E-state index in [1.165, 1.54) is 6.92 Å². The quantitative estimate of drug-likeness (QED) is 0.469. The summed E-state index contributed by atoms with van der Waals surface area (Å²) in [5.41, 5.74) is 2.43. The first-order valence-corrected chi connectivity index (χ1v) is 9.25. The highest BCUT2D eigenvalue weighted by atomic mass is 16.4. The van der Waals surface area contributed by atoms with Gasteiger partial charge < -0.3 is 20.7 Å². The zero-order valence-corrected chi connectivity index (χ0v) is 15.9. The summed E-state index contributed by atoms with van der Waals surface area (Å²) in [5.74, 6) is -2.06. The van der Waals surface area contributed by atoms with Crippen LogP contribution in [0.15, 0.2) is 54.7 Å². The Hall–Kier alpha value is -3.61. The van der Waals surface area contributed by atoms with Crippen molar-refractivity contribution in [1.82, 2.24) is 15.6 Å². The van der Waals surface area contributed by atoms with E-state index in [1.54, 1.807) is 24.4 Å². The van der Waals surface area contributed by atoms with E-state index in [-0.39, 0.29) is 18.7 Å². The van der Waals surface area contributed by atoms with Crippen molar-refractivity contribution in [2.24, 2.45) is 0 Å². The van der Waals surface area contributed by atoms with Crippen molar-refractivity contribution in [3.05, 3.63) is 71.9 Å². The largest absolute Gasteiger partial charge is 0.480 e. The maximum Gasteiger partial charge on any atom is 0.326 e. The van der Waals surface area contributed by atoms with E-state index in [1.807, 2.05) is 30.3 Å². The van der Waals surface area contributed by atoms with Crippen LogP contribution in [0.25, 0.3) is 10.9 Å². The molecule has 0 fully saturated rings. The number of hydrogen-bond acceptors (Lipinski definition) is 3. The van der Waals surface area contributed by atoms with Crippen LogP contribution >= 0.6 is 0 Å². The van der Waals surface area contributed by atoms with Gasteiger partial charge in [-0.25, -0.2) is 4.79 Å². The van der Waals surface area contributed by atoms with Gasteiger partial charge in [0.2, 0.25) is 11.8 Å². The van der Waals surface area contributed by atoms with Crippen LogP contribution in [-0.4, -0.2) is 40.0 Å². The molecule has 0 aliphatic heterocycles. The number of amides is 2. The number of H-pyrrole nitrogens is 1. The van der Waals surface area contributed by atoms with E-state index in [2.05, 4.69) is 21.7 Å². The van der Waals surface area contributed by atoms with Crippen molar-refractivity contribution in [1.29, 1.82) is 0 Å². The van der Waals surface area contributed by atoms with Crippen LogP contribution in [0.4, 0.5) is 0 Å². The molecule has 4 N–H and O–H groups in total. The predicted octanol–water partition coefficient (Wildman–Crippen LogP) is 1.83. The van der Waals surface area contributed by atoms with Gasteiger partial charge in [0, 0.05) is 36.9 Å². The number of carbonyl (C=O) groups excluding carboxylic acids is 2. The highest BCUT2D eigenvalue weighted by Crippen LogP contribution is 2.19. The summed E-state index contributed by atoms with van der Waals surface area (Å²) in [6, 6.07) is 15.7. The van der Waals surface area contributed by atoms with Crippen molar-refractivity contribution in [3.63, 3.8) is 0 Å². The van der Waals surface area contributed by atoms with Crippen LogP contribution in [0.2, 0.25) is 0 Å². The second-order valence-corrected chi connectivity index (χ2v) is 6.81. The molecule has 29 heavy (non-hydrogen) atoms. The van der Waals surface area contributed by atoms with E-state index in [4.69, 9.17) is 0 Å². The molecule has 2 amide bonds. The predicted molar refractivity (Wildman–Crippen MR) is 108 cm³/mol. The molecule has 7 nitrogen and oxygen atoms in total. The van der Waals surface area contributed by atoms with Gasteiger partial charge in [-0.1, -0.05) is 42.5 Å². The van der Waals surface area contributed by atoms with Gasteiger partial charge in [-0.15, -0.1) is 0 Å². The van der Waals surface area contributed by atoms with Crippen molar-refractivity contribution in [2.75, 3.05) is 0 Å². The first-order valence-electron chi connectivity index (χ1n) is 9.25. The van der Waals surface area contributed by atoms with Crippen molar-refractivity contribution < 1.29 is 19.5 Å². The Balaban J connectivity index is 1.75. The Kier molecular flexibility index (Phi) is 6.29. The number of carboxylic acid groups (broad SMARTS) is 1. The molecule has 0 aliphatic carbocycles. The van der Waals surface area contributed by atoms with Crippen molar-refractivity contribution in [2.45, 2.75) is 31.8 Å². The molecule has 2 aromatic carbocycles. The molecule has 0 bridgehead atoms. The van der Waals surface area contributed by atoms with Crippen LogP contribution in [0.1, 0.15) is 18.1 Å². The Labute approximate surface area is 168 Å². The zero-order chi connectivity index (χ0) is 20.8. The lowest BCUT2D eigenvalue weighted by atomic mass is 10.0. The number of benzene rings is 2. The molecule has 3 rings (SSSR count). The number of carbonyl (C=O) groups is 3. The number of hydrogen-bond donors (Lipinski definition) is 4. The second-order valence-electron chi connectivity index (χ2n) is 6.81. The SMILES string of the molecule is CC(=O)NC(Cc1[c]cccc1)C(=O)N[C@H](Cc1c[nH]c2ccccc12)C(=O)O. The summed E-state index contributed by atoms with van der Waals surface area (Å²) in [7, 11) is 0. The Morgan fingerprint density at radius 1 is 1.03 bits per heavy atom. The minimum atomic E-state index is -1.14. The Bertz CT molecular complexity index is 1010. The van der Waals surface area contributed by atoms with Crippen LogP contribution in [0, 0.1) is 6.07 Å². The van der Waals surface area contributed by atoms with Gasteiger partial charge in [-0.05, 0) is 23.3 Å². The standard InChI is InChI=1S/C22H22N3O4/c1-14(26)24-19(11-15-7-3-2-4-8-15)21(27)25-20(22(28)29)12-16-13-23-18-10-6-5-9-17(16)18/h2-7,9-10,13,19-20,23H,11-12H2,1H3,(H,24,26)(H,25,27)(H,28,29)/t19?,20-/m1/s1. The number of aromatic nitrogens is 1. The van der Waals surface area contributed by atoms with E-state index in [9.17, 15) is 19.5 Å². The van der Waals surface area contributed by atoms with Crippen molar-refractivity contribution in [3.8, 4) is 0 Å². The molecule has 1 heterocycles. The number of aliphatic carboxylic acids is 1. The molecule has 7 heteroatoms. The molecule has 149 valence electrons. The van der Waals surface area contributed by atoms with Gasteiger partial charge in [-0.2, -0.15) is 0 Å². The lowest BCUT2D eigenvalue weighted by Crippen LogP contribution is -2.52. The monoisotopic (exact) mass is 392 g/mol. The number of fused-ring (bicyclic) bond motifs is 1. The molecule has 0 aliphatic rings. The third-order valence-corrected chi connectivity index (χ3v) is 4.61. The first kappa shape index (κ1) is 20.1. The number of aromatic amines is 1. The average Bonchev–Trinajstić information content (AvgIpc) is 3.10. The number of rotatable bonds is 8. The Morgan fingerprint density at radius 2 is 1.79 bits per heavy atom. The first-order chi connectivity index (χ1) is 13.9. The minimum absolute atomic E-state index is 0.120. The fourth-order valence-electron chi connectivity index (χ4n) is 3.22. The van der Waals surface area contributed by atoms with Gasteiger partial charge in [0.15, 0.2) is 0 Å². The summed E-state index contributed by atoms with van der Waals surface area (Å²) in [6.07, 6.45) is 2.08. The van der Waals surface area contributed by atoms with E-state index >= 15 is 0 Å². The lowest BCUT2D eigenvalue weighted by Gasteiger charge is -2.21. The van der Waals surface area contributed by atoms with Gasteiger partial charge in [-0.3, -0.25) is 9.59 Å². The summed E-state index contributed by atoms with van der Waals surface area (Å²) in [4.78, 5) is 39.2. The van der Waals surface area contributed by atoms with Gasteiger partial charge in [0.05, 0.1) is 0 Å². The fraction of sp³-hybridized carbons (Fsp3) is 0.227. The van der Waals surface area contributed by atoms with Crippen molar-refractivity contribution >= 4 is 28.7 Å². The summed E-state index contributed by atoms with van der Waals surface area (Å²) in [6.45, 7) is 1.32. The molecule has 1 radical (unpaired) electrons. The third kappa shape index (κ3) is 5.22. The average molecular weight is 392 g/mol. The number of para-hydroxylation sites is 1. The maximum atomic E-state index is 12.8. The third-order valence-electron chi connectivity index (χ3n) is 4.61. The lowest BCUT2D eigenvalue weighted by molar-refractivity contribution is -0.142. The summed E-state index contributed by atoms with van der Waals surface area (Å²) >= 11 is 0. The van der Waals surface area contributed by atoms with Gasteiger partial charge in [0.25, 0.3) is 0 Å². The smallest absolute Gasteiger partial charge is 0.326 e. The number of nitrogens with one attached hydrogen (secondary N) is 3. The fourth-order valence-corrected chi connectivity index (χ4v) is 3.22. The molecule has 1 unspecified atom stereocenters. The van der Waals surface area contributed by atoms with Crippen LogP contribution in [0.5, 0.6) is 0 Å². The zero-order valence-electron chi connectivity index (χ0n) is 15.9. The highest BCUT2D eigenvalue weighted by molar-refractivity contribution is 5.91. The van der Waals surface area contributed by atoms with Gasteiger partial charge in [0.1, 0.15) is 12.1 Å². The molecular weight excluding hydrogens is 370 g/mol. The van der Waals surface area contributed by atoms with Crippen LogP contribution in [-0.2, 0) is 27.2 Å². The topological polar surface area (TPSA) is 111 Å². The molecular formula is C22H22N3O4. The van der Waals surface area contributed by atoms with E-state index in [0.29, 0.717) is 0 Å². The number of carboxylic acids is 1. The molecule has 0 saturated heterocycles. The molecule has 0 saturated carbocycles. The highest BCUT2D eigenvalue weighted by Gasteiger charge is 2.27. The van der Waals surface area contributed by atoms with Gasteiger partial charge >= 0.3 is 5.97 Å². The minimum Gasteiger partial charge on any atom is -0.480 e. The van der Waals surface area contributed by atoms with Crippen LogP contribution < -0.4 is 10.6 Å². The van der Waals surface area contributed by atoms with E-state index < -0.39 is 24.0 Å². The molecule has 2 atom stereocenters. The summed E-state index contributed by atoms with van der Waals surface area (Å²) in [5, 5.41) is 15.7. The molecule has 0 spiro atoms. The summed E-state index contributed by atoms with van der Waals surface area (Å²) < 4.78 is 0. The molecule has 3 aromatic rings. The maximum absolute atomic E-state index is 12.8.